The molecule has 28 heavy (non-hydrogen) atoms. The smallest absolute Gasteiger partial charge is 0.119 e. The van der Waals surface area contributed by atoms with Crippen molar-refractivity contribution in [2.45, 2.75) is 52.5 Å². The van der Waals surface area contributed by atoms with Crippen LogP contribution in [0.15, 0.2) is 48.5 Å². The normalized spacial score (nSPS) is 16.4. The minimum Gasteiger partial charge on any atom is -0.508 e. The molecule has 0 spiro atoms. The second kappa shape index (κ2) is 11.6. The summed E-state index contributed by atoms with van der Waals surface area (Å²) < 4.78 is 5.73. The van der Waals surface area contributed by atoms with Crippen LogP contribution >= 0.6 is 0 Å². The molecular formula is C24H36N2O2. The first-order chi connectivity index (χ1) is 13.6. The lowest BCUT2D eigenvalue weighted by atomic mass is 10.1. The van der Waals surface area contributed by atoms with E-state index in [2.05, 4.69) is 29.2 Å². The summed E-state index contributed by atoms with van der Waals surface area (Å²) >= 11 is 0. The summed E-state index contributed by atoms with van der Waals surface area (Å²) in [6.07, 6.45) is 5.37. The lowest BCUT2D eigenvalue weighted by Gasteiger charge is -2.17. The number of aromatic hydroxyl groups is 1. The predicted molar refractivity (Wildman–Crippen MR) is 118 cm³/mol. The molecule has 1 aliphatic heterocycles. The fourth-order valence-corrected chi connectivity index (χ4v) is 3.00. The Hall–Kier alpha value is -2.20. The van der Waals surface area contributed by atoms with E-state index in [4.69, 9.17) is 15.6 Å². The van der Waals surface area contributed by atoms with Crippen molar-refractivity contribution in [3.8, 4) is 11.5 Å². The van der Waals surface area contributed by atoms with Gasteiger partial charge in [0.15, 0.2) is 0 Å². The van der Waals surface area contributed by atoms with Gasteiger partial charge in [0.25, 0.3) is 0 Å². The van der Waals surface area contributed by atoms with Crippen molar-refractivity contribution in [3.63, 3.8) is 0 Å². The molecule has 4 heteroatoms. The number of nitrogens with two attached hydrogens (primary N) is 1. The molecule has 1 aliphatic carbocycles. The summed E-state index contributed by atoms with van der Waals surface area (Å²) in [7, 11) is 0. The first kappa shape index (κ1) is 22.1. The Bertz CT molecular complexity index is 658. The zero-order valence-electron chi connectivity index (χ0n) is 17.6. The van der Waals surface area contributed by atoms with Crippen molar-refractivity contribution in [1.82, 2.24) is 0 Å². The first-order valence-corrected chi connectivity index (χ1v) is 10.6. The van der Waals surface area contributed by atoms with Crippen molar-refractivity contribution in [3.05, 3.63) is 54.1 Å². The van der Waals surface area contributed by atoms with Crippen LogP contribution in [0.4, 0.5) is 5.69 Å². The van der Waals surface area contributed by atoms with E-state index in [1.165, 1.54) is 44.5 Å². The van der Waals surface area contributed by atoms with Gasteiger partial charge in [-0.2, -0.15) is 0 Å². The van der Waals surface area contributed by atoms with Crippen molar-refractivity contribution in [2.75, 3.05) is 24.6 Å². The second-order valence-corrected chi connectivity index (χ2v) is 7.32. The third-order valence-corrected chi connectivity index (χ3v) is 4.91. The van der Waals surface area contributed by atoms with Gasteiger partial charge in [-0.1, -0.05) is 26.0 Å². The maximum atomic E-state index is 8.90. The van der Waals surface area contributed by atoms with E-state index in [1.807, 2.05) is 32.9 Å². The molecule has 0 radical (unpaired) electrons. The van der Waals surface area contributed by atoms with Crippen molar-refractivity contribution < 1.29 is 9.84 Å². The number of phenolic OH excluding ortho intramolecular Hbond substituents is 1. The number of hydrogen-bond donors (Lipinski definition) is 2. The van der Waals surface area contributed by atoms with E-state index in [1.54, 1.807) is 12.1 Å². The molecule has 1 saturated heterocycles. The minimum absolute atomic E-state index is 0.0422. The molecule has 0 aromatic heterocycles. The number of benzene rings is 2. The highest BCUT2D eigenvalue weighted by Gasteiger charge is 2.21. The summed E-state index contributed by atoms with van der Waals surface area (Å²) in [5, 5.41) is 8.90. The van der Waals surface area contributed by atoms with Gasteiger partial charge in [-0.05, 0) is 80.5 Å². The molecule has 2 fully saturated rings. The Balaban J connectivity index is 0.000000202. The number of phenols is 1. The Morgan fingerprint density at radius 1 is 1.00 bits per heavy atom. The highest BCUT2D eigenvalue weighted by molar-refractivity contribution is 5.49. The molecule has 2 aromatic carbocycles. The second-order valence-electron chi connectivity index (χ2n) is 7.32. The van der Waals surface area contributed by atoms with Gasteiger partial charge in [-0.25, -0.2) is 0 Å². The quantitative estimate of drug-likeness (QED) is 0.713. The van der Waals surface area contributed by atoms with Crippen LogP contribution in [0, 0.1) is 5.92 Å². The average molecular weight is 385 g/mol. The molecule has 4 rings (SSSR count). The molecule has 1 saturated carbocycles. The van der Waals surface area contributed by atoms with Crippen LogP contribution in [0.25, 0.3) is 0 Å². The van der Waals surface area contributed by atoms with Crippen LogP contribution in [0.2, 0.25) is 0 Å². The Labute approximate surface area is 170 Å². The standard InChI is InChI=1S/C14H19NO.C8H11NO.C2H6/c1-2-10-15(9-1)13-5-7-14(8-6-13)16-11-12-3-4-12;1-6(9)7-2-4-8(10)5-3-7;1-2/h5-8,12H,1-4,9-11H2;2-6,10H,9H2,1H3;1-2H3. The largest absolute Gasteiger partial charge is 0.508 e. The maximum absolute atomic E-state index is 8.90. The number of rotatable bonds is 5. The summed E-state index contributed by atoms with van der Waals surface area (Å²) in [6, 6.07) is 15.5. The van der Waals surface area contributed by atoms with Gasteiger partial charge in [0.2, 0.25) is 0 Å². The van der Waals surface area contributed by atoms with Crippen LogP contribution < -0.4 is 15.4 Å². The highest BCUT2D eigenvalue weighted by Crippen LogP contribution is 2.30. The van der Waals surface area contributed by atoms with Crippen molar-refractivity contribution in [1.29, 1.82) is 0 Å². The van der Waals surface area contributed by atoms with E-state index in [9.17, 15) is 0 Å². The summed E-state index contributed by atoms with van der Waals surface area (Å²) in [5.74, 6) is 2.14. The molecule has 1 atom stereocenters. The van der Waals surface area contributed by atoms with Gasteiger partial charge in [0.1, 0.15) is 11.5 Å². The van der Waals surface area contributed by atoms with E-state index < -0.39 is 0 Å². The zero-order valence-corrected chi connectivity index (χ0v) is 17.6. The van der Waals surface area contributed by atoms with Crippen LogP contribution in [0.3, 0.4) is 0 Å². The molecule has 4 nitrogen and oxygen atoms in total. The number of anilines is 1. The number of ether oxygens (including phenoxy) is 1. The fourth-order valence-electron chi connectivity index (χ4n) is 3.00. The molecule has 3 N–H and O–H groups in total. The lowest BCUT2D eigenvalue weighted by molar-refractivity contribution is 0.300. The molecule has 0 bridgehead atoms. The van der Waals surface area contributed by atoms with E-state index >= 15 is 0 Å². The number of nitrogens with zero attached hydrogens (tertiary/aromatic N) is 1. The summed E-state index contributed by atoms with van der Waals surface area (Å²) in [5.41, 5.74) is 7.97. The van der Waals surface area contributed by atoms with E-state index in [-0.39, 0.29) is 11.8 Å². The van der Waals surface area contributed by atoms with Gasteiger partial charge < -0.3 is 20.5 Å². The zero-order chi connectivity index (χ0) is 20.4. The SMILES string of the molecule is CC.CC(N)c1ccc(O)cc1.c1cc(N2CCCC2)ccc1OCC1CC1. The average Bonchev–Trinajstić information content (AvgIpc) is 3.40. The van der Waals surface area contributed by atoms with Gasteiger partial charge in [-0.15, -0.1) is 0 Å². The fraction of sp³-hybridized carbons (Fsp3) is 0.500. The van der Waals surface area contributed by atoms with Gasteiger partial charge >= 0.3 is 0 Å². The number of hydrogen-bond acceptors (Lipinski definition) is 4. The van der Waals surface area contributed by atoms with Crippen molar-refractivity contribution in [2.24, 2.45) is 11.7 Å². The summed E-state index contributed by atoms with van der Waals surface area (Å²) in [6.45, 7) is 9.24. The van der Waals surface area contributed by atoms with E-state index in [0.29, 0.717) is 0 Å². The lowest BCUT2D eigenvalue weighted by Crippen LogP contribution is -2.17. The highest BCUT2D eigenvalue weighted by atomic mass is 16.5. The minimum atomic E-state index is 0.0422. The molecule has 0 amide bonds. The topological polar surface area (TPSA) is 58.7 Å². The van der Waals surface area contributed by atoms with E-state index in [0.717, 1.165) is 23.8 Å². The van der Waals surface area contributed by atoms with Gasteiger partial charge in [-0.3, -0.25) is 0 Å². The third-order valence-electron chi connectivity index (χ3n) is 4.91. The van der Waals surface area contributed by atoms with Gasteiger partial charge in [0, 0.05) is 24.8 Å². The Morgan fingerprint density at radius 2 is 1.57 bits per heavy atom. The molecule has 154 valence electrons. The molecule has 2 aliphatic rings. The molecule has 1 heterocycles. The molecule has 1 unspecified atom stereocenters. The Kier molecular flexibility index (Phi) is 9.15. The Morgan fingerprint density at radius 3 is 2.07 bits per heavy atom. The maximum Gasteiger partial charge on any atom is 0.119 e. The van der Waals surface area contributed by atoms with Crippen LogP contribution in [0.1, 0.15) is 58.1 Å². The van der Waals surface area contributed by atoms with Crippen LogP contribution in [-0.2, 0) is 0 Å². The summed E-state index contributed by atoms with van der Waals surface area (Å²) in [4.78, 5) is 2.45. The first-order valence-electron chi connectivity index (χ1n) is 10.6. The molecule has 2 aromatic rings. The van der Waals surface area contributed by atoms with Crippen LogP contribution in [0.5, 0.6) is 11.5 Å². The van der Waals surface area contributed by atoms with Gasteiger partial charge in [0.05, 0.1) is 6.61 Å². The monoisotopic (exact) mass is 384 g/mol. The van der Waals surface area contributed by atoms with Crippen LogP contribution in [-0.4, -0.2) is 24.8 Å². The molecular weight excluding hydrogens is 348 g/mol. The van der Waals surface area contributed by atoms with Crippen molar-refractivity contribution >= 4 is 5.69 Å². The predicted octanol–water partition coefficient (Wildman–Crippen LogP) is 5.51. The third kappa shape index (κ3) is 7.43.